The molecule has 0 spiro atoms. The molecule has 114 valence electrons. The molecule has 1 aliphatic rings. The lowest BCUT2D eigenvalue weighted by Gasteiger charge is -2.17. The van der Waals surface area contributed by atoms with Crippen LogP contribution in [-0.2, 0) is 16.0 Å². The fourth-order valence-electron chi connectivity index (χ4n) is 1.90. The molecule has 4 nitrogen and oxygen atoms in total. The summed E-state index contributed by atoms with van der Waals surface area (Å²) in [6, 6.07) is 4.04. The van der Waals surface area contributed by atoms with E-state index in [0.29, 0.717) is 6.04 Å². The Balaban J connectivity index is 1.81. The zero-order chi connectivity index (χ0) is 15.4. The van der Waals surface area contributed by atoms with E-state index < -0.39 is 11.6 Å². The van der Waals surface area contributed by atoms with Crippen molar-refractivity contribution < 1.29 is 18.4 Å². The van der Waals surface area contributed by atoms with Crippen molar-refractivity contribution in [2.75, 3.05) is 13.6 Å². The van der Waals surface area contributed by atoms with Crippen LogP contribution in [0.2, 0.25) is 0 Å². The van der Waals surface area contributed by atoms with E-state index in [4.69, 9.17) is 0 Å². The predicted molar refractivity (Wildman–Crippen MR) is 73.5 cm³/mol. The number of likely N-dealkylation sites (N-methyl/N-ethyl adjacent to an activating group) is 1. The van der Waals surface area contributed by atoms with E-state index in [1.807, 2.05) is 0 Å². The second-order valence-electron chi connectivity index (χ2n) is 5.30. The highest BCUT2D eigenvalue weighted by atomic mass is 19.2. The van der Waals surface area contributed by atoms with Crippen LogP contribution in [0.1, 0.15) is 24.8 Å². The van der Waals surface area contributed by atoms with Gasteiger partial charge in [-0.05, 0) is 18.9 Å². The predicted octanol–water partition coefficient (Wildman–Crippen LogP) is 1.63. The fourth-order valence-corrected chi connectivity index (χ4v) is 1.90. The summed E-state index contributed by atoms with van der Waals surface area (Å²) in [5, 5.41) is 2.83. The van der Waals surface area contributed by atoms with Gasteiger partial charge in [-0.25, -0.2) is 8.78 Å². The lowest BCUT2D eigenvalue weighted by Crippen LogP contribution is -2.34. The molecule has 0 aromatic heterocycles. The van der Waals surface area contributed by atoms with Gasteiger partial charge in [-0.3, -0.25) is 9.59 Å². The average Bonchev–Trinajstić information content (AvgIpc) is 3.25. The first-order valence-electron chi connectivity index (χ1n) is 6.93. The molecule has 0 saturated heterocycles. The van der Waals surface area contributed by atoms with Crippen LogP contribution in [0, 0.1) is 11.6 Å². The number of hydrogen-bond acceptors (Lipinski definition) is 2. The molecule has 1 aromatic rings. The van der Waals surface area contributed by atoms with Gasteiger partial charge in [-0.15, -0.1) is 0 Å². The molecular weight excluding hydrogens is 278 g/mol. The maximum absolute atomic E-state index is 13.5. The highest BCUT2D eigenvalue weighted by Crippen LogP contribution is 2.18. The molecule has 0 radical (unpaired) electrons. The normalized spacial score (nSPS) is 13.9. The third-order valence-corrected chi connectivity index (χ3v) is 3.42. The third kappa shape index (κ3) is 4.51. The Morgan fingerprint density at radius 1 is 1.33 bits per heavy atom. The maximum atomic E-state index is 13.5. The molecule has 1 N–H and O–H groups in total. The average molecular weight is 296 g/mol. The van der Waals surface area contributed by atoms with Crippen molar-refractivity contribution in [1.29, 1.82) is 0 Å². The highest BCUT2D eigenvalue weighted by molar-refractivity contribution is 5.80. The standard InChI is InChI=1S/C15H18F2N2O2/c1-19(8-7-13(20)18-11-5-6-11)14(21)9-10-3-2-4-12(16)15(10)17/h2-4,11H,5-9H2,1H3,(H,18,20). The summed E-state index contributed by atoms with van der Waals surface area (Å²) in [4.78, 5) is 24.8. The van der Waals surface area contributed by atoms with Crippen LogP contribution < -0.4 is 5.32 Å². The summed E-state index contributed by atoms with van der Waals surface area (Å²) in [7, 11) is 1.55. The van der Waals surface area contributed by atoms with Crippen LogP contribution >= 0.6 is 0 Å². The quantitative estimate of drug-likeness (QED) is 0.867. The Labute approximate surface area is 122 Å². The molecular formula is C15H18F2N2O2. The van der Waals surface area contributed by atoms with Gasteiger partial charge >= 0.3 is 0 Å². The number of carbonyl (C=O) groups is 2. The molecule has 2 amide bonds. The van der Waals surface area contributed by atoms with E-state index in [0.717, 1.165) is 18.9 Å². The van der Waals surface area contributed by atoms with Gasteiger partial charge < -0.3 is 10.2 Å². The molecule has 6 heteroatoms. The molecule has 0 unspecified atom stereocenters. The minimum absolute atomic E-state index is 0.0225. The van der Waals surface area contributed by atoms with E-state index in [-0.39, 0.29) is 36.8 Å². The molecule has 0 bridgehead atoms. The second-order valence-corrected chi connectivity index (χ2v) is 5.30. The smallest absolute Gasteiger partial charge is 0.226 e. The van der Waals surface area contributed by atoms with Gasteiger partial charge in [0.2, 0.25) is 11.8 Å². The van der Waals surface area contributed by atoms with E-state index in [2.05, 4.69) is 5.32 Å². The molecule has 1 aliphatic carbocycles. The Kier molecular flexibility index (Phi) is 4.88. The van der Waals surface area contributed by atoms with E-state index in [1.165, 1.54) is 17.0 Å². The second kappa shape index (κ2) is 6.65. The first-order chi connectivity index (χ1) is 9.97. The lowest BCUT2D eigenvalue weighted by atomic mass is 10.1. The van der Waals surface area contributed by atoms with Crippen molar-refractivity contribution in [3.63, 3.8) is 0 Å². The number of hydrogen-bond donors (Lipinski definition) is 1. The Hall–Kier alpha value is -1.98. The highest BCUT2D eigenvalue weighted by Gasteiger charge is 2.23. The van der Waals surface area contributed by atoms with Crippen molar-refractivity contribution in [2.45, 2.75) is 31.7 Å². The first-order valence-corrected chi connectivity index (χ1v) is 6.93. The Bertz CT molecular complexity index is 544. The van der Waals surface area contributed by atoms with Crippen LogP contribution in [-0.4, -0.2) is 36.3 Å². The SMILES string of the molecule is CN(CCC(=O)NC1CC1)C(=O)Cc1cccc(F)c1F. The van der Waals surface area contributed by atoms with E-state index in [9.17, 15) is 18.4 Å². The number of halogens is 2. The van der Waals surface area contributed by atoms with E-state index >= 15 is 0 Å². The third-order valence-electron chi connectivity index (χ3n) is 3.42. The Morgan fingerprint density at radius 2 is 2.05 bits per heavy atom. The summed E-state index contributed by atoms with van der Waals surface area (Å²) >= 11 is 0. The summed E-state index contributed by atoms with van der Waals surface area (Å²) in [6.07, 6.45) is 2.02. The van der Waals surface area contributed by atoms with Crippen molar-refractivity contribution in [3.05, 3.63) is 35.4 Å². The maximum Gasteiger partial charge on any atom is 0.226 e. The van der Waals surface area contributed by atoms with Gasteiger partial charge in [0.05, 0.1) is 6.42 Å². The molecule has 21 heavy (non-hydrogen) atoms. The number of carbonyl (C=O) groups excluding carboxylic acids is 2. The van der Waals surface area contributed by atoms with Gasteiger partial charge in [-0.1, -0.05) is 12.1 Å². The van der Waals surface area contributed by atoms with Crippen LogP contribution in [0.5, 0.6) is 0 Å². The van der Waals surface area contributed by atoms with Gasteiger partial charge in [-0.2, -0.15) is 0 Å². The minimum atomic E-state index is -0.995. The molecule has 1 saturated carbocycles. The zero-order valence-electron chi connectivity index (χ0n) is 11.9. The molecule has 1 fully saturated rings. The van der Waals surface area contributed by atoms with Crippen LogP contribution in [0.25, 0.3) is 0 Å². The number of nitrogens with one attached hydrogen (secondary N) is 1. The number of benzene rings is 1. The van der Waals surface area contributed by atoms with Crippen LogP contribution in [0.4, 0.5) is 8.78 Å². The topological polar surface area (TPSA) is 49.4 Å². The fraction of sp³-hybridized carbons (Fsp3) is 0.467. The first kappa shape index (κ1) is 15.4. The minimum Gasteiger partial charge on any atom is -0.353 e. The molecule has 0 atom stereocenters. The van der Waals surface area contributed by atoms with Crippen LogP contribution in [0.15, 0.2) is 18.2 Å². The molecule has 1 aromatic carbocycles. The largest absolute Gasteiger partial charge is 0.353 e. The zero-order valence-corrected chi connectivity index (χ0v) is 11.9. The Morgan fingerprint density at radius 3 is 2.71 bits per heavy atom. The molecule has 0 aliphatic heterocycles. The number of rotatable bonds is 6. The van der Waals surface area contributed by atoms with Gasteiger partial charge in [0.25, 0.3) is 0 Å². The van der Waals surface area contributed by atoms with Crippen molar-refractivity contribution >= 4 is 11.8 Å². The number of nitrogens with zero attached hydrogens (tertiary/aromatic N) is 1. The van der Waals surface area contributed by atoms with Gasteiger partial charge in [0.15, 0.2) is 11.6 Å². The molecule has 2 rings (SSSR count). The van der Waals surface area contributed by atoms with Crippen molar-refractivity contribution in [1.82, 2.24) is 10.2 Å². The van der Waals surface area contributed by atoms with Crippen LogP contribution in [0.3, 0.4) is 0 Å². The monoisotopic (exact) mass is 296 g/mol. The summed E-state index contributed by atoms with van der Waals surface area (Å²) < 4.78 is 26.5. The van der Waals surface area contributed by atoms with Crippen molar-refractivity contribution in [2.24, 2.45) is 0 Å². The summed E-state index contributed by atoms with van der Waals surface area (Å²) in [6.45, 7) is 0.258. The lowest BCUT2D eigenvalue weighted by molar-refractivity contribution is -0.130. The van der Waals surface area contributed by atoms with Gasteiger partial charge in [0.1, 0.15) is 0 Å². The molecule has 0 heterocycles. The number of amides is 2. The summed E-state index contributed by atoms with van der Waals surface area (Å²) in [5.74, 6) is -2.40. The van der Waals surface area contributed by atoms with Gasteiger partial charge in [0, 0.05) is 31.6 Å². The van der Waals surface area contributed by atoms with Crippen molar-refractivity contribution in [3.8, 4) is 0 Å². The summed E-state index contributed by atoms with van der Waals surface area (Å²) in [5.41, 5.74) is 0.0225. The van der Waals surface area contributed by atoms with E-state index in [1.54, 1.807) is 7.05 Å².